The van der Waals surface area contributed by atoms with E-state index in [0.29, 0.717) is 6.54 Å². The monoisotopic (exact) mass is 251 g/mol. The maximum Gasteiger partial charge on any atom is 0.223 e. The van der Waals surface area contributed by atoms with Crippen LogP contribution in [0.25, 0.3) is 0 Å². The van der Waals surface area contributed by atoms with Crippen molar-refractivity contribution in [2.45, 2.75) is 25.4 Å². The Hall–Kier alpha value is -0.870. The minimum absolute atomic E-state index is 0.131. The fraction of sp³-hybridized carbons (Fsp3) is 0.615. The van der Waals surface area contributed by atoms with E-state index in [-0.39, 0.29) is 11.8 Å². The molecular formula is C13H17NO2S. The van der Waals surface area contributed by atoms with Crippen molar-refractivity contribution in [1.82, 2.24) is 5.32 Å². The van der Waals surface area contributed by atoms with Gasteiger partial charge < -0.3 is 10.4 Å². The Morgan fingerprint density at radius 2 is 2.24 bits per heavy atom. The highest BCUT2D eigenvalue weighted by Crippen LogP contribution is 2.54. The molecule has 1 aromatic heterocycles. The minimum atomic E-state index is -0.568. The number of hydrogen-bond donors (Lipinski definition) is 2. The van der Waals surface area contributed by atoms with Gasteiger partial charge in [-0.25, -0.2) is 0 Å². The molecule has 0 saturated heterocycles. The molecule has 3 atom stereocenters. The predicted molar refractivity (Wildman–Crippen MR) is 66.6 cm³/mol. The molecule has 4 heteroatoms. The SMILES string of the molecule is O=C(NCC(O)c1ccsc1)C1CC2CC2C1. The summed E-state index contributed by atoms with van der Waals surface area (Å²) in [5, 5.41) is 16.6. The number of rotatable bonds is 4. The van der Waals surface area contributed by atoms with Gasteiger partial charge in [0, 0.05) is 12.5 Å². The lowest BCUT2D eigenvalue weighted by atomic mass is 10.0. The maximum absolute atomic E-state index is 11.9. The molecule has 1 heterocycles. The molecule has 2 aliphatic rings. The van der Waals surface area contributed by atoms with E-state index in [0.717, 1.165) is 30.2 Å². The van der Waals surface area contributed by atoms with E-state index >= 15 is 0 Å². The van der Waals surface area contributed by atoms with Crippen LogP contribution in [-0.4, -0.2) is 17.6 Å². The van der Waals surface area contributed by atoms with Gasteiger partial charge in [-0.1, -0.05) is 0 Å². The van der Waals surface area contributed by atoms with E-state index in [2.05, 4.69) is 5.32 Å². The molecule has 3 rings (SSSR count). The number of thiophene rings is 1. The van der Waals surface area contributed by atoms with Crippen molar-refractivity contribution in [3.63, 3.8) is 0 Å². The van der Waals surface area contributed by atoms with Crippen LogP contribution < -0.4 is 5.32 Å². The van der Waals surface area contributed by atoms with Crippen molar-refractivity contribution in [1.29, 1.82) is 0 Å². The maximum atomic E-state index is 11.9. The van der Waals surface area contributed by atoms with Crippen LogP contribution >= 0.6 is 11.3 Å². The zero-order valence-electron chi connectivity index (χ0n) is 9.63. The van der Waals surface area contributed by atoms with Crippen LogP contribution in [0.3, 0.4) is 0 Å². The molecule has 2 saturated carbocycles. The van der Waals surface area contributed by atoms with Gasteiger partial charge in [0.1, 0.15) is 0 Å². The van der Waals surface area contributed by atoms with Gasteiger partial charge in [-0.3, -0.25) is 4.79 Å². The second-order valence-electron chi connectivity index (χ2n) is 5.24. The summed E-state index contributed by atoms with van der Waals surface area (Å²) in [6, 6.07) is 1.90. The molecule has 3 nitrogen and oxygen atoms in total. The summed E-state index contributed by atoms with van der Waals surface area (Å²) in [5.41, 5.74) is 0.893. The first kappa shape index (κ1) is 11.2. The van der Waals surface area contributed by atoms with Gasteiger partial charge in [0.2, 0.25) is 5.91 Å². The Kier molecular flexibility index (Phi) is 2.92. The third-order valence-electron chi connectivity index (χ3n) is 4.01. The second kappa shape index (κ2) is 4.42. The lowest BCUT2D eigenvalue weighted by molar-refractivity contribution is -0.125. The summed E-state index contributed by atoms with van der Waals surface area (Å²) >= 11 is 1.56. The molecule has 1 amide bonds. The van der Waals surface area contributed by atoms with Crippen molar-refractivity contribution in [3.05, 3.63) is 22.4 Å². The highest BCUT2D eigenvalue weighted by Gasteiger charge is 2.47. The van der Waals surface area contributed by atoms with E-state index < -0.39 is 6.10 Å². The van der Waals surface area contributed by atoms with Crippen LogP contribution in [-0.2, 0) is 4.79 Å². The number of carbonyl (C=O) groups excluding carboxylic acids is 1. The molecule has 0 bridgehead atoms. The predicted octanol–water partition coefficient (Wildman–Crippen LogP) is 1.94. The van der Waals surface area contributed by atoms with E-state index in [9.17, 15) is 9.90 Å². The third-order valence-corrected chi connectivity index (χ3v) is 4.71. The standard InChI is InChI=1S/C13H17NO2S/c15-12(8-1-2-17-7-8)6-14-13(16)11-4-9-3-10(9)5-11/h1-2,7,9-12,15H,3-6H2,(H,14,16). The van der Waals surface area contributed by atoms with Crippen LogP contribution in [0.2, 0.25) is 0 Å². The van der Waals surface area contributed by atoms with Crippen molar-refractivity contribution in [2.24, 2.45) is 17.8 Å². The summed E-state index contributed by atoms with van der Waals surface area (Å²) < 4.78 is 0. The minimum Gasteiger partial charge on any atom is -0.387 e. The number of amides is 1. The molecule has 92 valence electrons. The zero-order chi connectivity index (χ0) is 11.8. The molecule has 2 N–H and O–H groups in total. The molecule has 0 spiro atoms. The van der Waals surface area contributed by atoms with Gasteiger partial charge in [0.25, 0.3) is 0 Å². The molecule has 3 unspecified atom stereocenters. The van der Waals surface area contributed by atoms with Crippen molar-refractivity contribution in [3.8, 4) is 0 Å². The lowest BCUT2D eigenvalue weighted by Gasteiger charge is -2.14. The highest BCUT2D eigenvalue weighted by atomic mass is 32.1. The number of hydrogen-bond acceptors (Lipinski definition) is 3. The normalized spacial score (nSPS) is 31.9. The van der Waals surface area contributed by atoms with Gasteiger partial charge in [0.05, 0.1) is 6.10 Å². The van der Waals surface area contributed by atoms with E-state index in [1.54, 1.807) is 11.3 Å². The van der Waals surface area contributed by atoms with Gasteiger partial charge in [-0.05, 0) is 53.5 Å². The Morgan fingerprint density at radius 1 is 1.47 bits per heavy atom. The molecule has 0 aromatic carbocycles. The third kappa shape index (κ3) is 2.38. The summed E-state index contributed by atoms with van der Waals surface area (Å²) in [5.74, 6) is 1.99. The number of aliphatic hydroxyl groups is 1. The molecular weight excluding hydrogens is 234 g/mol. The Morgan fingerprint density at radius 3 is 2.88 bits per heavy atom. The molecule has 1 aromatic rings. The van der Waals surface area contributed by atoms with Crippen LogP contribution in [0.5, 0.6) is 0 Å². The van der Waals surface area contributed by atoms with Crippen LogP contribution in [0.4, 0.5) is 0 Å². The van der Waals surface area contributed by atoms with Gasteiger partial charge in [-0.2, -0.15) is 11.3 Å². The first-order valence-electron chi connectivity index (χ1n) is 6.22. The quantitative estimate of drug-likeness (QED) is 0.859. The largest absolute Gasteiger partial charge is 0.387 e. The van der Waals surface area contributed by atoms with Gasteiger partial charge in [-0.15, -0.1) is 0 Å². The summed E-state index contributed by atoms with van der Waals surface area (Å²) in [7, 11) is 0. The van der Waals surface area contributed by atoms with Crippen molar-refractivity contribution in [2.75, 3.05) is 6.54 Å². The Balaban J connectivity index is 1.46. The van der Waals surface area contributed by atoms with E-state index in [1.165, 1.54) is 6.42 Å². The van der Waals surface area contributed by atoms with E-state index in [4.69, 9.17) is 0 Å². The Bertz CT molecular complexity index is 394. The smallest absolute Gasteiger partial charge is 0.223 e. The second-order valence-corrected chi connectivity index (χ2v) is 6.02. The Labute approximate surface area is 105 Å². The number of fused-ring (bicyclic) bond motifs is 1. The number of nitrogens with one attached hydrogen (secondary N) is 1. The fourth-order valence-corrected chi connectivity index (χ4v) is 3.56. The zero-order valence-corrected chi connectivity index (χ0v) is 10.5. The summed E-state index contributed by atoms with van der Waals surface area (Å²) in [6.45, 7) is 0.335. The highest BCUT2D eigenvalue weighted by molar-refractivity contribution is 7.07. The topological polar surface area (TPSA) is 49.3 Å². The van der Waals surface area contributed by atoms with Crippen molar-refractivity contribution < 1.29 is 9.90 Å². The van der Waals surface area contributed by atoms with Gasteiger partial charge in [0.15, 0.2) is 0 Å². The molecule has 2 fully saturated rings. The lowest BCUT2D eigenvalue weighted by Crippen LogP contribution is -2.33. The van der Waals surface area contributed by atoms with Crippen molar-refractivity contribution >= 4 is 17.2 Å². The summed E-state index contributed by atoms with van der Waals surface area (Å²) in [6.07, 6.45) is 2.89. The molecule has 0 aliphatic heterocycles. The number of aliphatic hydroxyl groups excluding tert-OH is 1. The van der Waals surface area contributed by atoms with Crippen LogP contribution in [0.1, 0.15) is 30.9 Å². The average Bonchev–Trinajstić information content (AvgIpc) is 2.81. The molecule has 0 radical (unpaired) electrons. The molecule has 2 aliphatic carbocycles. The average molecular weight is 251 g/mol. The first-order valence-corrected chi connectivity index (χ1v) is 7.16. The summed E-state index contributed by atoms with van der Waals surface area (Å²) in [4.78, 5) is 11.9. The van der Waals surface area contributed by atoms with E-state index in [1.807, 2.05) is 16.8 Å². The van der Waals surface area contributed by atoms with Crippen LogP contribution in [0, 0.1) is 17.8 Å². The van der Waals surface area contributed by atoms with Crippen LogP contribution in [0.15, 0.2) is 16.8 Å². The fourth-order valence-electron chi connectivity index (χ4n) is 2.85. The number of carbonyl (C=O) groups is 1. The van der Waals surface area contributed by atoms with Gasteiger partial charge >= 0.3 is 0 Å². The first-order chi connectivity index (χ1) is 8.24. The molecule has 17 heavy (non-hydrogen) atoms.